The molecule has 174 valence electrons. The first kappa shape index (κ1) is 22.0. The quantitative estimate of drug-likeness (QED) is 0.357. The molecule has 3 heterocycles. The lowest BCUT2D eigenvalue weighted by molar-refractivity contribution is -0.137. The lowest BCUT2D eigenvalue weighted by Crippen LogP contribution is -2.19. The minimum atomic E-state index is -4.50. The molecule has 0 unspecified atom stereocenters. The average Bonchev–Trinajstić information content (AvgIpc) is 3.28. The third-order valence-corrected chi connectivity index (χ3v) is 5.02. The van der Waals surface area contributed by atoms with Crippen LogP contribution in [0, 0.1) is 0 Å². The number of hydrogen-bond acceptors (Lipinski definition) is 5. The highest BCUT2D eigenvalue weighted by Crippen LogP contribution is 2.30. The summed E-state index contributed by atoms with van der Waals surface area (Å²) >= 11 is 0. The van der Waals surface area contributed by atoms with Crippen molar-refractivity contribution in [3.8, 4) is 22.8 Å². The van der Waals surface area contributed by atoms with Crippen molar-refractivity contribution < 1.29 is 18.0 Å². The number of fused-ring (bicyclic) bond motifs is 1. The van der Waals surface area contributed by atoms with Crippen molar-refractivity contribution >= 4 is 23.1 Å². The fourth-order valence-corrected chi connectivity index (χ4v) is 3.42. The van der Waals surface area contributed by atoms with Crippen LogP contribution < -0.4 is 10.6 Å². The van der Waals surface area contributed by atoms with Gasteiger partial charge in [-0.05, 0) is 54.6 Å². The van der Waals surface area contributed by atoms with Crippen molar-refractivity contribution in [1.29, 1.82) is 0 Å². The molecule has 2 N–H and O–H groups in total. The first-order valence-electron chi connectivity index (χ1n) is 10.4. The van der Waals surface area contributed by atoms with Gasteiger partial charge in [0.1, 0.15) is 5.69 Å². The van der Waals surface area contributed by atoms with Crippen molar-refractivity contribution in [2.45, 2.75) is 6.18 Å². The third-order valence-electron chi connectivity index (χ3n) is 5.02. The standard InChI is InChI=1S/C24H16F3N7O/c25-24(26,27)16-6-4-8-18(14-16)30-23(35)29-17-7-3-5-15(13-17)19-10-11-21-31-32-22(34(21)33-19)20-9-1-2-12-28-20/h1-14H,(H2,29,30,35). The van der Waals surface area contributed by atoms with Crippen LogP contribution in [0.3, 0.4) is 0 Å². The number of nitrogens with one attached hydrogen (secondary N) is 2. The molecule has 5 aromatic rings. The lowest BCUT2D eigenvalue weighted by atomic mass is 10.1. The van der Waals surface area contributed by atoms with Crippen LogP contribution in [0.4, 0.5) is 29.3 Å². The molecule has 5 rings (SSSR count). The number of hydrogen-bond donors (Lipinski definition) is 2. The topological polar surface area (TPSA) is 97.1 Å². The molecule has 35 heavy (non-hydrogen) atoms. The zero-order chi connectivity index (χ0) is 24.4. The highest BCUT2D eigenvalue weighted by molar-refractivity contribution is 6.00. The Morgan fingerprint density at radius 3 is 2.31 bits per heavy atom. The molecule has 2 amide bonds. The van der Waals surface area contributed by atoms with E-state index in [-0.39, 0.29) is 5.69 Å². The largest absolute Gasteiger partial charge is 0.416 e. The van der Waals surface area contributed by atoms with E-state index in [9.17, 15) is 18.0 Å². The molecule has 0 saturated carbocycles. The second-order valence-electron chi connectivity index (χ2n) is 7.47. The fourth-order valence-electron chi connectivity index (χ4n) is 3.42. The van der Waals surface area contributed by atoms with Gasteiger partial charge in [0.25, 0.3) is 0 Å². The first-order valence-corrected chi connectivity index (χ1v) is 10.4. The third kappa shape index (κ3) is 4.78. The molecule has 2 aromatic carbocycles. The zero-order valence-corrected chi connectivity index (χ0v) is 17.9. The zero-order valence-electron chi connectivity index (χ0n) is 17.9. The summed E-state index contributed by atoms with van der Waals surface area (Å²) in [5.74, 6) is 0.484. The van der Waals surface area contributed by atoms with Crippen LogP contribution in [0.15, 0.2) is 85.1 Å². The predicted octanol–water partition coefficient (Wildman–Crippen LogP) is 5.52. The van der Waals surface area contributed by atoms with Gasteiger partial charge in [0, 0.05) is 23.1 Å². The van der Waals surface area contributed by atoms with Crippen LogP contribution in [0.2, 0.25) is 0 Å². The Labute approximate surface area is 196 Å². The Bertz CT molecular complexity index is 1520. The maximum absolute atomic E-state index is 12.9. The number of nitrogens with zero attached hydrogens (tertiary/aromatic N) is 5. The van der Waals surface area contributed by atoms with Gasteiger partial charge < -0.3 is 10.6 Å². The number of alkyl halides is 3. The predicted molar refractivity (Wildman–Crippen MR) is 124 cm³/mol. The van der Waals surface area contributed by atoms with Crippen molar-refractivity contribution in [3.63, 3.8) is 0 Å². The second kappa shape index (κ2) is 8.86. The van der Waals surface area contributed by atoms with E-state index in [0.29, 0.717) is 34.1 Å². The van der Waals surface area contributed by atoms with Gasteiger partial charge in [-0.2, -0.15) is 22.8 Å². The van der Waals surface area contributed by atoms with Crippen LogP contribution in [-0.4, -0.2) is 30.8 Å². The minimum absolute atomic E-state index is 0.0234. The van der Waals surface area contributed by atoms with E-state index in [1.54, 1.807) is 53.2 Å². The second-order valence-corrected chi connectivity index (χ2v) is 7.47. The molecule has 0 fully saturated rings. The van der Waals surface area contributed by atoms with E-state index in [4.69, 9.17) is 0 Å². The van der Waals surface area contributed by atoms with Crippen molar-refractivity contribution in [2.75, 3.05) is 10.6 Å². The SMILES string of the molecule is O=C(Nc1cccc(-c2ccc3nnc(-c4ccccn4)n3n2)c1)Nc1cccc(C(F)(F)F)c1. The average molecular weight is 475 g/mol. The Kier molecular flexibility index (Phi) is 5.57. The molecule has 0 atom stereocenters. The Hall–Kier alpha value is -4.80. The van der Waals surface area contributed by atoms with Gasteiger partial charge in [0.15, 0.2) is 5.65 Å². The minimum Gasteiger partial charge on any atom is -0.308 e. The summed E-state index contributed by atoms with van der Waals surface area (Å²) in [5, 5.41) is 18.0. The molecule has 11 heteroatoms. The monoisotopic (exact) mass is 475 g/mol. The van der Waals surface area contributed by atoms with Crippen LogP contribution in [0.5, 0.6) is 0 Å². The van der Waals surface area contributed by atoms with Crippen LogP contribution in [0.1, 0.15) is 5.56 Å². The van der Waals surface area contributed by atoms with E-state index in [0.717, 1.165) is 12.1 Å². The normalized spacial score (nSPS) is 11.4. The summed E-state index contributed by atoms with van der Waals surface area (Å²) in [6.07, 6.45) is -2.85. The van der Waals surface area contributed by atoms with Gasteiger partial charge in [0.05, 0.1) is 11.3 Å². The Morgan fingerprint density at radius 1 is 0.800 bits per heavy atom. The van der Waals surface area contributed by atoms with Crippen molar-refractivity contribution in [2.24, 2.45) is 0 Å². The first-order chi connectivity index (χ1) is 16.9. The molecule has 0 bridgehead atoms. The number of pyridine rings is 1. The molecule has 0 aliphatic rings. The van der Waals surface area contributed by atoms with Gasteiger partial charge in [-0.25, -0.2) is 4.79 Å². The summed E-state index contributed by atoms with van der Waals surface area (Å²) < 4.78 is 40.3. The number of carbonyl (C=O) groups is 1. The van der Waals surface area contributed by atoms with Crippen molar-refractivity contribution in [3.05, 3.63) is 90.6 Å². The van der Waals surface area contributed by atoms with E-state index < -0.39 is 17.8 Å². The lowest BCUT2D eigenvalue weighted by Gasteiger charge is -2.11. The van der Waals surface area contributed by atoms with Gasteiger partial charge in [-0.1, -0.05) is 24.3 Å². The summed E-state index contributed by atoms with van der Waals surface area (Å²) in [6.45, 7) is 0. The molecule has 0 radical (unpaired) electrons. The van der Waals surface area contributed by atoms with E-state index in [2.05, 4.69) is 30.9 Å². The smallest absolute Gasteiger partial charge is 0.308 e. The maximum Gasteiger partial charge on any atom is 0.416 e. The van der Waals surface area contributed by atoms with Crippen LogP contribution in [-0.2, 0) is 6.18 Å². The number of carbonyl (C=O) groups excluding carboxylic acids is 1. The fraction of sp³-hybridized carbons (Fsp3) is 0.0417. The van der Waals surface area contributed by atoms with Gasteiger partial charge in [-0.15, -0.1) is 10.2 Å². The van der Waals surface area contributed by atoms with Gasteiger partial charge in [0.2, 0.25) is 5.82 Å². The Morgan fingerprint density at radius 2 is 1.57 bits per heavy atom. The number of anilines is 2. The number of halogens is 3. The van der Waals surface area contributed by atoms with E-state index in [1.807, 2.05) is 12.1 Å². The number of benzene rings is 2. The molecule has 0 aliphatic heterocycles. The van der Waals surface area contributed by atoms with Gasteiger partial charge >= 0.3 is 12.2 Å². The Balaban J connectivity index is 1.37. The summed E-state index contributed by atoms with van der Waals surface area (Å²) in [7, 11) is 0. The van der Waals surface area contributed by atoms with E-state index in [1.165, 1.54) is 12.1 Å². The highest BCUT2D eigenvalue weighted by Gasteiger charge is 2.30. The number of aromatic nitrogens is 5. The maximum atomic E-state index is 12.9. The molecular formula is C24H16F3N7O. The van der Waals surface area contributed by atoms with E-state index >= 15 is 0 Å². The van der Waals surface area contributed by atoms with Crippen LogP contribution >= 0.6 is 0 Å². The summed E-state index contributed by atoms with van der Waals surface area (Å²) in [6, 6.07) is 19.6. The number of amides is 2. The molecule has 0 aliphatic carbocycles. The summed E-state index contributed by atoms with van der Waals surface area (Å²) in [4.78, 5) is 16.7. The number of rotatable bonds is 4. The molecule has 0 spiro atoms. The van der Waals surface area contributed by atoms with Crippen LogP contribution in [0.25, 0.3) is 28.4 Å². The van der Waals surface area contributed by atoms with Crippen molar-refractivity contribution in [1.82, 2.24) is 24.8 Å². The molecular weight excluding hydrogens is 459 g/mol. The highest BCUT2D eigenvalue weighted by atomic mass is 19.4. The van der Waals surface area contributed by atoms with Gasteiger partial charge in [-0.3, -0.25) is 4.98 Å². The molecule has 3 aromatic heterocycles. The number of urea groups is 1. The summed E-state index contributed by atoms with van der Waals surface area (Å²) in [5.41, 5.74) is 2.06. The molecule has 8 nitrogen and oxygen atoms in total. The molecule has 0 saturated heterocycles.